The van der Waals surface area contributed by atoms with E-state index in [2.05, 4.69) is 0 Å². The van der Waals surface area contributed by atoms with Crippen molar-refractivity contribution in [1.82, 2.24) is 0 Å². The van der Waals surface area contributed by atoms with Crippen molar-refractivity contribution in [2.45, 2.75) is 50.7 Å². The van der Waals surface area contributed by atoms with Crippen LogP contribution in [0.5, 0.6) is 0 Å². The molecule has 2 fully saturated rings. The van der Waals surface area contributed by atoms with Crippen molar-refractivity contribution in [3.8, 4) is 0 Å². The maximum absolute atomic E-state index is 10.6. The van der Waals surface area contributed by atoms with E-state index in [1.165, 1.54) is 26.2 Å². The van der Waals surface area contributed by atoms with E-state index in [1.807, 2.05) is 0 Å². The monoisotopic (exact) mass is 184 g/mol. The van der Waals surface area contributed by atoms with E-state index in [4.69, 9.17) is 9.47 Å². The topological polar surface area (TPSA) is 38.8 Å². The molecule has 0 bridgehead atoms. The smallest absolute Gasteiger partial charge is 0.302 e. The summed E-state index contributed by atoms with van der Waals surface area (Å²) in [7, 11) is 0. The van der Waals surface area contributed by atoms with E-state index in [0.717, 1.165) is 12.8 Å². The number of hydrogen-bond donors (Lipinski definition) is 0. The first kappa shape index (κ1) is 9.00. The summed E-state index contributed by atoms with van der Waals surface area (Å²) in [5.41, 5.74) is 0.105. The maximum Gasteiger partial charge on any atom is 0.302 e. The summed E-state index contributed by atoms with van der Waals surface area (Å²) in [4.78, 5) is 10.6. The molecule has 0 radical (unpaired) electrons. The molecule has 1 saturated carbocycles. The van der Waals surface area contributed by atoms with Crippen molar-refractivity contribution in [2.24, 2.45) is 0 Å². The fraction of sp³-hybridized carbons (Fsp3) is 0.900. The van der Waals surface area contributed by atoms with Crippen molar-refractivity contribution in [2.75, 3.05) is 6.61 Å². The van der Waals surface area contributed by atoms with Gasteiger partial charge in [0.15, 0.2) is 0 Å². The molecule has 74 valence electrons. The van der Waals surface area contributed by atoms with Gasteiger partial charge in [0.25, 0.3) is 0 Å². The Hall–Kier alpha value is -0.570. The number of esters is 1. The van der Waals surface area contributed by atoms with Gasteiger partial charge in [-0.3, -0.25) is 4.79 Å². The number of carbonyl (C=O) groups is 1. The highest BCUT2D eigenvalue weighted by Crippen LogP contribution is 2.48. The zero-order chi connectivity index (χ0) is 9.31. The van der Waals surface area contributed by atoms with Crippen LogP contribution in [0, 0.1) is 0 Å². The molecule has 1 heterocycles. The second-order valence-corrected chi connectivity index (χ2v) is 4.03. The van der Waals surface area contributed by atoms with Crippen molar-refractivity contribution in [3.05, 3.63) is 0 Å². The minimum absolute atomic E-state index is 0.105. The molecular formula is C10H16O3. The highest BCUT2D eigenvalue weighted by Gasteiger charge is 2.56. The number of ether oxygens (including phenoxy) is 2. The molecule has 13 heavy (non-hydrogen) atoms. The lowest BCUT2D eigenvalue weighted by Gasteiger charge is -2.17. The molecule has 0 amide bonds. The molecule has 0 N–H and O–H groups in total. The largest absolute Gasteiger partial charge is 0.463 e. The lowest BCUT2D eigenvalue weighted by molar-refractivity contribution is -0.141. The van der Waals surface area contributed by atoms with Gasteiger partial charge in [0, 0.05) is 6.92 Å². The summed E-state index contributed by atoms with van der Waals surface area (Å²) in [5.74, 6) is -0.207. The average molecular weight is 184 g/mol. The van der Waals surface area contributed by atoms with E-state index < -0.39 is 0 Å². The van der Waals surface area contributed by atoms with Crippen molar-refractivity contribution in [3.63, 3.8) is 0 Å². The third-order valence-corrected chi connectivity index (χ3v) is 3.04. The zero-order valence-electron chi connectivity index (χ0n) is 8.04. The molecule has 2 rings (SSSR count). The first-order valence-electron chi connectivity index (χ1n) is 5.04. The van der Waals surface area contributed by atoms with Crippen LogP contribution in [0.2, 0.25) is 0 Å². The predicted octanol–water partition coefficient (Wildman–Crippen LogP) is 1.65. The summed E-state index contributed by atoms with van der Waals surface area (Å²) >= 11 is 0. The summed E-state index contributed by atoms with van der Waals surface area (Å²) in [5, 5.41) is 0. The highest BCUT2D eigenvalue weighted by molar-refractivity contribution is 5.65. The lowest BCUT2D eigenvalue weighted by atomic mass is 9.86. The Bertz CT molecular complexity index is 206. The Morgan fingerprint density at radius 1 is 1.46 bits per heavy atom. The number of epoxide rings is 1. The second kappa shape index (κ2) is 3.29. The van der Waals surface area contributed by atoms with E-state index >= 15 is 0 Å². The molecule has 2 aliphatic rings. The van der Waals surface area contributed by atoms with Gasteiger partial charge in [0.1, 0.15) is 12.7 Å². The minimum atomic E-state index is -0.207. The third-order valence-electron chi connectivity index (χ3n) is 3.04. The lowest BCUT2D eigenvalue weighted by Crippen LogP contribution is -2.22. The summed E-state index contributed by atoms with van der Waals surface area (Å²) in [6, 6.07) is 0. The van der Waals surface area contributed by atoms with Gasteiger partial charge in [0.2, 0.25) is 0 Å². The number of hydrogen-bond acceptors (Lipinski definition) is 3. The number of carbonyl (C=O) groups excluding carboxylic acids is 1. The zero-order valence-corrected chi connectivity index (χ0v) is 8.04. The van der Waals surface area contributed by atoms with Gasteiger partial charge < -0.3 is 9.47 Å². The van der Waals surface area contributed by atoms with Gasteiger partial charge in [-0.15, -0.1) is 0 Å². The van der Waals surface area contributed by atoms with E-state index in [0.29, 0.717) is 6.61 Å². The molecule has 1 saturated heterocycles. The molecule has 1 spiro atoms. The molecule has 0 aromatic carbocycles. The molecule has 3 nitrogen and oxygen atoms in total. The van der Waals surface area contributed by atoms with E-state index in [-0.39, 0.29) is 17.7 Å². The predicted molar refractivity (Wildman–Crippen MR) is 47.3 cm³/mol. The first-order valence-corrected chi connectivity index (χ1v) is 5.04. The van der Waals surface area contributed by atoms with E-state index in [1.54, 1.807) is 0 Å². The average Bonchev–Trinajstić information content (AvgIpc) is 2.77. The van der Waals surface area contributed by atoms with Crippen molar-refractivity contribution in [1.29, 1.82) is 0 Å². The first-order chi connectivity index (χ1) is 6.23. The second-order valence-electron chi connectivity index (χ2n) is 4.03. The quantitative estimate of drug-likeness (QED) is 0.484. The van der Waals surface area contributed by atoms with Gasteiger partial charge in [-0.05, 0) is 12.8 Å². The molecule has 0 aromatic rings. The molecule has 1 aliphatic heterocycles. The van der Waals surface area contributed by atoms with Gasteiger partial charge >= 0.3 is 5.97 Å². The Morgan fingerprint density at radius 3 is 2.77 bits per heavy atom. The van der Waals surface area contributed by atoms with Gasteiger partial charge in [-0.1, -0.05) is 19.3 Å². The summed E-state index contributed by atoms with van der Waals surface area (Å²) in [6.07, 6.45) is 6.34. The van der Waals surface area contributed by atoms with E-state index in [9.17, 15) is 4.79 Å². The Morgan fingerprint density at radius 2 is 2.15 bits per heavy atom. The number of rotatable bonds is 2. The van der Waals surface area contributed by atoms with Crippen LogP contribution in [0.3, 0.4) is 0 Å². The van der Waals surface area contributed by atoms with Crippen LogP contribution in [0.25, 0.3) is 0 Å². The van der Waals surface area contributed by atoms with Crippen LogP contribution in [-0.4, -0.2) is 24.3 Å². The maximum atomic E-state index is 10.6. The van der Waals surface area contributed by atoms with Crippen LogP contribution in [0.1, 0.15) is 39.0 Å². The molecule has 1 unspecified atom stereocenters. The summed E-state index contributed by atoms with van der Waals surface area (Å²) < 4.78 is 10.5. The SMILES string of the molecule is CC(=O)OCC1OC12CCCCC2. The molecule has 1 atom stereocenters. The fourth-order valence-electron chi connectivity index (χ4n) is 2.22. The molecule has 0 aromatic heterocycles. The Balaban J connectivity index is 1.76. The van der Waals surface area contributed by atoms with Crippen LogP contribution >= 0.6 is 0 Å². The van der Waals surface area contributed by atoms with Crippen LogP contribution in [-0.2, 0) is 14.3 Å². The molecule has 3 heteroatoms. The summed E-state index contributed by atoms with van der Waals surface area (Å²) in [6.45, 7) is 1.89. The molecule has 1 aliphatic carbocycles. The Kier molecular flexibility index (Phi) is 2.28. The van der Waals surface area contributed by atoms with Crippen LogP contribution < -0.4 is 0 Å². The van der Waals surface area contributed by atoms with Gasteiger partial charge in [-0.25, -0.2) is 0 Å². The van der Waals surface area contributed by atoms with Crippen molar-refractivity contribution < 1.29 is 14.3 Å². The van der Waals surface area contributed by atoms with Crippen LogP contribution in [0.4, 0.5) is 0 Å². The van der Waals surface area contributed by atoms with Gasteiger partial charge in [-0.2, -0.15) is 0 Å². The van der Waals surface area contributed by atoms with Crippen LogP contribution in [0.15, 0.2) is 0 Å². The third kappa shape index (κ3) is 1.85. The van der Waals surface area contributed by atoms with Crippen molar-refractivity contribution >= 4 is 5.97 Å². The standard InChI is InChI=1S/C10H16O3/c1-8(11)12-7-9-10(13-9)5-3-2-4-6-10/h9H,2-7H2,1H3. The minimum Gasteiger partial charge on any atom is -0.463 e. The fourth-order valence-corrected chi connectivity index (χ4v) is 2.22. The Labute approximate surface area is 78.4 Å². The molecular weight excluding hydrogens is 168 g/mol. The highest BCUT2D eigenvalue weighted by atomic mass is 16.6. The van der Waals surface area contributed by atoms with Gasteiger partial charge in [0.05, 0.1) is 5.60 Å². The normalized spacial score (nSPS) is 30.1.